The standard InChI is InChI=1S/C8H8N2O2/c9-4-1-2-6-5(3-4)7(11)8(12)10-6/h1-3,7,11H,9H2,(H,10,12). The summed E-state index contributed by atoms with van der Waals surface area (Å²) in [6.07, 6.45) is -1.07. The molecule has 1 atom stereocenters. The molecule has 0 spiro atoms. The molecule has 0 fully saturated rings. The maximum atomic E-state index is 10.9. The Hall–Kier alpha value is -1.55. The molecule has 1 aliphatic heterocycles. The zero-order valence-corrected chi connectivity index (χ0v) is 6.24. The molecule has 1 amide bonds. The summed E-state index contributed by atoms with van der Waals surface area (Å²) < 4.78 is 0. The van der Waals surface area contributed by atoms with Gasteiger partial charge in [-0.25, -0.2) is 0 Å². The number of rotatable bonds is 0. The third kappa shape index (κ3) is 0.853. The number of carbonyl (C=O) groups is 1. The van der Waals surface area contributed by atoms with Crippen LogP contribution in [0.2, 0.25) is 0 Å². The Morgan fingerprint density at radius 2 is 2.25 bits per heavy atom. The number of carbonyl (C=O) groups excluding carboxylic acids is 1. The van der Waals surface area contributed by atoms with Crippen LogP contribution in [0, 0.1) is 0 Å². The van der Waals surface area contributed by atoms with Crippen LogP contribution in [0.3, 0.4) is 0 Å². The number of fused-ring (bicyclic) bond motifs is 1. The van der Waals surface area contributed by atoms with E-state index in [9.17, 15) is 9.90 Å². The van der Waals surface area contributed by atoms with Crippen molar-refractivity contribution in [2.24, 2.45) is 0 Å². The molecule has 0 aliphatic carbocycles. The summed E-state index contributed by atoms with van der Waals surface area (Å²) in [4.78, 5) is 10.9. The second-order valence-electron chi connectivity index (χ2n) is 2.74. The summed E-state index contributed by atoms with van der Waals surface area (Å²) in [5, 5.41) is 11.8. The lowest BCUT2D eigenvalue weighted by Crippen LogP contribution is -2.10. The fraction of sp³-hybridized carbons (Fsp3) is 0.125. The molecule has 1 aromatic carbocycles. The number of nitrogens with two attached hydrogens (primary N) is 1. The minimum Gasteiger partial charge on any atom is -0.399 e. The van der Waals surface area contributed by atoms with E-state index in [4.69, 9.17) is 5.73 Å². The average molecular weight is 164 g/mol. The molecule has 0 bridgehead atoms. The second-order valence-corrected chi connectivity index (χ2v) is 2.74. The molecule has 1 aliphatic rings. The number of aliphatic hydroxyl groups excluding tert-OH is 1. The molecular weight excluding hydrogens is 156 g/mol. The van der Waals surface area contributed by atoms with Crippen molar-refractivity contribution in [3.63, 3.8) is 0 Å². The van der Waals surface area contributed by atoms with E-state index in [0.29, 0.717) is 16.9 Å². The van der Waals surface area contributed by atoms with Gasteiger partial charge in [0.2, 0.25) is 0 Å². The van der Waals surface area contributed by atoms with Gasteiger partial charge in [0.05, 0.1) is 0 Å². The first-order chi connectivity index (χ1) is 5.68. The van der Waals surface area contributed by atoms with Gasteiger partial charge in [-0.15, -0.1) is 0 Å². The minimum atomic E-state index is -1.07. The van der Waals surface area contributed by atoms with E-state index in [0.717, 1.165) is 0 Å². The quantitative estimate of drug-likeness (QED) is 0.481. The van der Waals surface area contributed by atoms with Crippen LogP contribution in [0.4, 0.5) is 11.4 Å². The highest BCUT2D eigenvalue weighted by Crippen LogP contribution is 2.31. The first-order valence-corrected chi connectivity index (χ1v) is 3.57. The topological polar surface area (TPSA) is 75.3 Å². The Kier molecular flexibility index (Phi) is 1.31. The molecule has 0 radical (unpaired) electrons. The third-order valence-electron chi connectivity index (χ3n) is 1.88. The van der Waals surface area contributed by atoms with E-state index < -0.39 is 12.0 Å². The third-order valence-corrected chi connectivity index (χ3v) is 1.88. The smallest absolute Gasteiger partial charge is 0.257 e. The van der Waals surface area contributed by atoms with E-state index in [1.165, 1.54) is 0 Å². The van der Waals surface area contributed by atoms with Crippen LogP contribution in [0.5, 0.6) is 0 Å². The van der Waals surface area contributed by atoms with Gasteiger partial charge in [0.1, 0.15) is 0 Å². The van der Waals surface area contributed by atoms with Gasteiger partial charge in [0.25, 0.3) is 5.91 Å². The van der Waals surface area contributed by atoms with Gasteiger partial charge in [0.15, 0.2) is 6.10 Å². The number of hydrogen-bond acceptors (Lipinski definition) is 3. The van der Waals surface area contributed by atoms with E-state index in [-0.39, 0.29) is 0 Å². The van der Waals surface area contributed by atoms with Crippen LogP contribution in [0.15, 0.2) is 18.2 Å². The molecule has 4 heteroatoms. The van der Waals surface area contributed by atoms with Crippen LogP contribution in [-0.4, -0.2) is 11.0 Å². The summed E-state index contributed by atoms with van der Waals surface area (Å²) in [5.41, 5.74) is 7.23. The van der Waals surface area contributed by atoms with E-state index >= 15 is 0 Å². The summed E-state index contributed by atoms with van der Waals surface area (Å²) in [7, 11) is 0. The monoisotopic (exact) mass is 164 g/mol. The van der Waals surface area contributed by atoms with Crippen molar-refractivity contribution in [3.05, 3.63) is 23.8 Å². The predicted molar refractivity (Wildman–Crippen MR) is 44.4 cm³/mol. The number of nitrogen functional groups attached to an aromatic ring is 1. The van der Waals surface area contributed by atoms with Crippen LogP contribution >= 0.6 is 0 Å². The number of benzene rings is 1. The fourth-order valence-corrected chi connectivity index (χ4v) is 1.26. The van der Waals surface area contributed by atoms with Gasteiger partial charge in [-0.05, 0) is 18.2 Å². The first-order valence-electron chi connectivity index (χ1n) is 3.57. The zero-order chi connectivity index (χ0) is 8.72. The molecule has 1 heterocycles. The van der Waals surface area contributed by atoms with E-state index in [1.54, 1.807) is 18.2 Å². The molecule has 1 aromatic rings. The lowest BCUT2D eigenvalue weighted by Gasteiger charge is -2.00. The zero-order valence-electron chi connectivity index (χ0n) is 6.24. The molecule has 0 saturated carbocycles. The number of anilines is 2. The normalized spacial score (nSPS) is 20.4. The lowest BCUT2D eigenvalue weighted by molar-refractivity contribution is -0.123. The van der Waals surface area contributed by atoms with E-state index in [2.05, 4.69) is 5.32 Å². The second kappa shape index (κ2) is 2.22. The Labute approximate surface area is 69.0 Å². The molecule has 1 unspecified atom stereocenters. The van der Waals surface area contributed by atoms with Crippen LogP contribution in [-0.2, 0) is 4.79 Å². The summed E-state index contributed by atoms with van der Waals surface area (Å²) >= 11 is 0. The Morgan fingerprint density at radius 3 is 3.00 bits per heavy atom. The lowest BCUT2D eigenvalue weighted by atomic mass is 10.1. The van der Waals surface area contributed by atoms with Gasteiger partial charge < -0.3 is 16.2 Å². The SMILES string of the molecule is Nc1ccc2c(c1)C(O)C(=O)N2. The van der Waals surface area contributed by atoms with Crippen LogP contribution in [0.1, 0.15) is 11.7 Å². The van der Waals surface area contributed by atoms with Crippen molar-refractivity contribution >= 4 is 17.3 Å². The predicted octanol–water partition coefficient (Wildman–Crippen LogP) is 0.254. The van der Waals surface area contributed by atoms with E-state index in [1.807, 2.05) is 0 Å². The maximum absolute atomic E-state index is 10.9. The number of aliphatic hydroxyl groups is 1. The highest BCUT2D eigenvalue weighted by molar-refractivity contribution is 6.02. The molecule has 62 valence electrons. The highest BCUT2D eigenvalue weighted by Gasteiger charge is 2.27. The van der Waals surface area contributed by atoms with Crippen LogP contribution in [0.25, 0.3) is 0 Å². The summed E-state index contributed by atoms with van der Waals surface area (Å²) in [5.74, 6) is -0.393. The van der Waals surface area contributed by atoms with Crippen molar-refractivity contribution in [1.82, 2.24) is 0 Å². The molecule has 4 N–H and O–H groups in total. The van der Waals surface area contributed by atoms with Crippen molar-refractivity contribution in [2.45, 2.75) is 6.10 Å². The number of amides is 1. The average Bonchev–Trinajstić information content (AvgIpc) is 2.31. The molecule has 0 aromatic heterocycles. The van der Waals surface area contributed by atoms with Crippen molar-refractivity contribution in [3.8, 4) is 0 Å². The van der Waals surface area contributed by atoms with Gasteiger partial charge in [-0.2, -0.15) is 0 Å². The Morgan fingerprint density at radius 1 is 1.50 bits per heavy atom. The Bertz CT molecular complexity index is 349. The fourth-order valence-electron chi connectivity index (χ4n) is 1.26. The van der Waals surface area contributed by atoms with Crippen molar-refractivity contribution < 1.29 is 9.90 Å². The molecular formula is C8H8N2O2. The Balaban J connectivity index is 2.55. The van der Waals surface area contributed by atoms with Gasteiger partial charge in [0, 0.05) is 16.9 Å². The molecule has 12 heavy (non-hydrogen) atoms. The first kappa shape index (κ1) is 7.12. The molecule has 0 saturated heterocycles. The summed E-state index contributed by atoms with van der Waals surface area (Å²) in [6.45, 7) is 0. The minimum absolute atomic E-state index is 0.393. The number of hydrogen-bond donors (Lipinski definition) is 3. The summed E-state index contributed by atoms with van der Waals surface area (Å²) in [6, 6.07) is 4.95. The van der Waals surface area contributed by atoms with Gasteiger partial charge in [-0.1, -0.05) is 0 Å². The van der Waals surface area contributed by atoms with Crippen LogP contribution < -0.4 is 11.1 Å². The van der Waals surface area contributed by atoms with Gasteiger partial charge in [-0.3, -0.25) is 4.79 Å². The van der Waals surface area contributed by atoms with Crippen molar-refractivity contribution in [1.29, 1.82) is 0 Å². The van der Waals surface area contributed by atoms with Gasteiger partial charge >= 0.3 is 0 Å². The molecule has 2 rings (SSSR count). The largest absolute Gasteiger partial charge is 0.399 e. The maximum Gasteiger partial charge on any atom is 0.257 e. The van der Waals surface area contributed by atoms with Crippen molar-refractivity contribution in [2.75, 3.05) is 11.1 Å². The highest BCUT2D eigenvalue weighted by atomic mass is 16.3. The number of nitrogens with one attached hydrogen (secondary N) is 1. The molecule has 4 nitrogen and oxygen atoms in total.